The predicted octanol–water partition coefficient (Wildman–Crippen LogP) is 1.28. The number of aromatic nitrogens is 2. The molecule has 1 atom stereocenters. The van der Waals surface area contributed by atoms with Crippen LogP contribution in [0.1, 0.15) is 12.8 Å². The largest absolute Gasteiger partial charge is 0.368 e. The van der Waals surface area contributed by atoms with Crippen LogP contribution in [0.5, 0.6) is 0 Å². The van der Waals surface area contributed by atoms with Gasteiger partial charge in [-0.05, 0) is 28.8 Å². The Balaban J connectivity index is 1.46. The van der Waals surface area contributed by atoms with Crippen molar-refractivity contribution < 1.29 is 9.53 Å². The summed E-state index contributed by atoms with van der Waals surface area (Å²) in [5.74, 6) is 0.688. The predicted molar refractivity (Wildman–Crippen MR) is 69.0 cm³/mol. The highest BCUT2D eigenvalue weighted by molar-refractivity contribution is 9.10. The highest BCUT2D eigenvalue weighted by atomic mass is 79.9. The first kappa shape index (κ1) is 12.2. The summed E-state index contributed by atoms with van der Waals surface area (Å²) in [6, 6.07) is 0. The Labute approximate surface area is 114 Å². The average molecular weight is 314 g/mol. The van der Waals surface area contributed by atoms with Crippen molar-refractivity contribution in [3.63, 3.8) is 0 Å². The number of likely N-dealkylation sites (tertiary alicyclic amines) is 1. The zero-order valence-corrected chi connectivity index (χ0v) is 11.7. The van der Waals surface area contributed by atoms with Crippen molar-refractivity contribution in [2.24, 2.45) is 5.92 Å². The molecule has 2 fully saturated rings. The minimum absolute atomic E-state index is 0.172. The number of nitrogens with zero attached hydrogens (tertiary/aromatic N) is 3. The van der Waals surface area contributed by atoms with Crippen LogP contribution >= 0.6 is 15.9 Å². The molecule has 0 aromatic carbocycles. The van der Waals surface area contributed by atoms with E-state index in [2.05, 4.69) is 21.0 Å². The maximum absolute atomic E-state index is 12.0. The summed E-state index contributed by atoms with van der Waals surface area (Å²) >= 11 is 3.38. The molecule has 0 saturated carbocycles. The molecule has 98 valence electrons. The fraction of sp³-hybridized carbons (Fsp3) is 0.667. The molecule has 18 heavy (non-hydrogen) atoms. The number of amides is 1. The number of rotatable bonds is 3. The zero-order valence-electron chi connectivity index (χ0n) is 10.1. The van der Waals surface area contributed by atoms with E-state index in [1.165, 1.54) is 0 Å². The van der Waals surface area contributed by atoms with E-state index in [4.69, 9.17) is 4.74 Å². The lowest BCUT2D eigenvalue weighted by Crippen LogP contribution is -2.54. The van der Waals surface area contributed by atoms with Gasteiger partial charge >= 0.3 is 0 Å². The third-order valence-electron chi connectivity index (χ3n) is 3.52. The highest BCUT2D eigenvalue weighted by Gasteiger charge is 2.36. The molecule has 1 aromatic heterocycles. The minimum Gasteiger partial charge on any atom is -0.368 e. The molecule has 2 aliphatic rings. The van der Waals surface area contributed by atoms with Crippen molar-refractivity contribution in [3.05, 3.63) is 16.9 Å². The number of carbonyl (C=O) groups is 1. The standard InChI is InChI=1S/C12H16BrN3O2/c13-10-4-14-16(8-10)7-9-5-15(6-9)12(17)11-2-1-3-18-11/h4,8-9,11H,1-3,5-7H2. The molecule has 0 radical (unpaired) electrons. The molecule has 3 rings (SSSR count). The van der Waals surface area contributed by atoms with E-state index >= 15 is 0 Å². The number of hydrogen-bond acceptors (Lipinski definition) is 3. The summed E-state index contributed by atoms with van der Waals surface area (Å²) in [5, 5.41) is 4.23. The summed E-state index contributed by atoms with van der Waals surface area (Å²) < 4.78 is 8.33. The van der Waals surface area contributed by atoms with E-state index in [9.17, 15) is 4.79 Å². The zero-order chi connectivity index (χ0) is 12.5. The molecule has 0 bridgehead atoms. The van der Waals surface area contributed by atoms with Crippen molar-refractivity contribution in [1.29, 1.82) is 0 Å². The first-order chi connectivity index (χ1) is 8.72. The van der Waals surface area contributed by atoms with Gasteiger partial charge in [-0.15, -0.1) is 0 Å². The Morgan fingerprint density at radius 1 is 1.56 bits per heavy atom. The molecule has 2 saturated heterocycles. The first-order valence-corrected chi connectivity index (χ1v) is 7.10. The number of hydrogen-bond donors (Lipinski definition) is 0. The normalized spacial score (nSPS) is 24.3. The van der Waals surface area contributed by atoms with Crippen LogP contribution in [-0.4, -0.2) is 46.4 Å². The lowest BCUT2D eigenvalue weighted by molar-refractivity contribution is -0.147. The number of ether oxygens (including phenoxy) is 1. The third kappa shape index (κ3) is 2.44. The highest BCUT2D eigenvalue weighted by Crippen LogP contribution is 2.23. The van der Waals surface area contributed by atoms with Gasteiger partial charge < -0.3 is 9.64 Å². The van der Waals surface area contributed by atoms with Gasteiger partial charge in [0.2, 0.25) is 0 Å². The molecule has 1 aromatic rings. The van der Waals surface area contributed by atoms with Crippen molar-refractivity contribution >= 4 is 21.8 Å². The molecule has 0 aliphatic carbocycles. The van der Waals surface area contributed by atoms with Gasteiger partial charge in [0.1, 0.15) is 6.10 Å². The maximum Gasteiger partial charge on any atom is 0.251 e. The third-order valence-corrected chi connectivity index (χ3v) is 3.93. The van der Waals surface area contributed by atoms with Crippen LogP contribution in [0.2, 0.25) is 0 Å². The van der Waals surface area contributed by atoms with E-state index < -0.39 is 0 Å². The summed E-state index contributed by atoms with van der Waals surface area (Å²) in [7, 11) is 0. The molecule has 6 heteroatoms. The van der Waals surface area contributed by atoms with Crippen molar-refractivity contribution in [3.8, 4) is 0 Å². The molecule has 3 heterocycles. The van der Waals surface area contributed by atoms with Crippen LogP contribution < -0.4 is 0 Å². The van der Waals surface area contributed by atoms with Gasteiger partial charge in [-0.25, -0.2) is 0 Å². The Morgan fingerprint density at radius 2 is 2.39 bits per heavy atom. The van der Waals surface area contributed by atoms with Gasteiger partial charge in [0.15, 0.2) is 0 Å². The van der Waals surface area contributed by atoms with Crippen LogP contribution in [0.3, 0.4) is 0 Å². The van der Waals surface area contributed by atoms with Crippen LogP contribution in [0.25, 0.3) is 0 Å². The van der Waals surface area contributed by atoms with Crippen molar-refractivity contribution in [1.82, 2.24) is 14.7 Å². The average Bonchev–Trinajstić information content (AvgIpc) is 2.93. The van der Waals surface area contributed by atoms with Crippen LogP contribution in [0.15, 0.2) is 16.9 Å². The van der Waals surface area contributed by atoms with Crippen LogP contribution in [-0.2, 0) is 16.1 Å². The monoisotopic (exact) mass is 313 g/mol. The van der Waals surface area contributed by atoms with Gasteiger partial charge in [0.25, 0.3) is 5.91 Å². The molecule has 0 spiro atoms. The lowest BCUT2D eigenvalue weighted by atomic mass is 9.99. The lowest BCUT2D eigenvalue weighted by Gasteiger charge is -2.40. The van der Waals surface area contributed by atoms with E-state index in [1.54, 1.807) is 6.20 Å². The number of carbonyl (C=O) groups excluding carboxylic acids is 1. The van der Waals surface area contributed by atoms with E-state index in [0.717, 1.165) is 43.6 Å². The van der Waals surface area contributed by atoms with E-state index in [-0.39, 0.29) is 12.0 Å². The molecule has 1 unspecified atom stereocenters. The van der Waals surface area contributed by atoms with E-state index in [1.807, 2.05) is 15.8 Å². The summed E-state index contributed by atoms with van der Waals surface area (Å²) in [4.78, 5) is 13.9. The minimum atomic E-state index is -0.176. The second kappa shape index (κ2) is 5.01. The Hall–Kier alpha value is -0.880. The van der Waals surface area contributed by atoms with E-state index in [0.29, 0.717) is 5.92 Å². The smallest absolute Gasteiger partial charge is 0.251 e. The van der Waals surface area contributed by atoms with Gasteiger partial charge in [0, 0.05) is 38.4 Å². The SMILES string of the molecule is O=C(C1CCCO1)N1CC(Cn2cc(Br)cn2)C1. The summed E-state index contributed by atoms with van der Waals surface area (Å²) in [6.45, 7) is 3.27. The molecular formula is C12H16BrN3O2. The molecule has 0 N–H and O–H groups in total. The van der Waals surface area contributed by atoms with Crippen molar-refractivity contribution in [2.75, 3.05) is 19.7 Å². The molecule has 5 nitrogen and oxygen atoms in total. The summed E-state index contributed by atoms with van der Waals surface area (Å²) in [5.41, 5.74) is 0. The first-order valence-electron chi connectivity index (χ1n) is 6.31. The Kier molecular flexibility index (Phi) is 3.39. The maximum atomic E-state index is 12.0. The fourth-order valence-electron chi connectivity index (χ4n) is 2.54. The van der Waals surface area contributed by atoms with Gasteiger partial charge in [-0.3, -0.25) is 9.48 Å². The van der Waals surface area contributed by atoms with Crippen LogP contribution in [0.4, 0.5) is 0 Å². The molecule has 2 aliphatic heterocycles. The second-order valence-electron chi connectivity index (χ2n) is 4.99. The van der Waals surface area contributed by atoms with Crippen LogP contribution in [0, 0.1) is 5.92 Å². The fourth-order valence-corrected chi connectivity index (χ4v) is 2.87. The Morgan fingerprint density at radius 3 is 3.00 bits per heavy atom. The topological polar surface area (TPSA) is 47.4 Å². The molecule has 1 amide bonds. The van der Waals surface area contributed by atoms with Gasteiger partial charge in [-0.1, -0.05) is 0 Å². The van der Waals surface area contributed by atoms with Gasteiger partial charge in [-0.2, -0.15) is 5.10 Å². The Bertz CT molecular complexity index is 436. The van der Waals surface area contributed by atoms with Crippen molar-refractivity contribution in [2.45, 2.75) is 25.5 Å². The second-order valence-corrected chi connectivity index (χ2v) is 5.91. The molecular weight excluding hydrogens is 298 g/mol. The quantitative estimate of drug-likeness (QED) is 0.844. The van der Waals surface area contributed by atoms with Gasteiger partial charge in [0.05, 0.1) is 10.7 Å². The number of halogens is 1. The summed E-state index contributed by atoms with van der Waals surface area (Å²) in [6.07, 6.45) is 5.46.